The summed E-state index contributed by atoms with van der Waals surface area (Å²) in [7, 11) is 0. The minimum Gasteiger partial charge on any atom is -0.350 e. The number of imide groups is 1. The van der Waals surface area contributed by atoms with E-state index in [1.54, 1.807) is 0 Å². The number of amides is 2. The Morgan fingerprint density at radius 1 is 0.828 bits per heavy atom. The SMILES string of the molecule is Cc1cc(C)cc(N2C(=O)C(Nc3ccc(C)c(C)c3)=C(c3cccs3)C2=O)c1. The monoisotopic (exact) mass is 402 g/mol. The first-order valence-corrected chi connectivity index (χ1v) is 10.3. The molecular formula is C24H22N2O2S. The molecule has 2 heterocycles. The van der Waals surface area contributed by atoms with Crippen LogP contribution in [0.5, 0.6) is 0 Å². The molecule has 1 N–H and O–H groups in total. The summed E-state index contributed by atoms with van der Waals surface area (Å²) < 4.78 is 0. The molecule has 4 rings (SSSR count). The topological polar surface area (TPSA) is 49.4 Å². The zero-order valence-corrected chi connectivity index (χ0v) is 17.7. The van der Waals surface area contributed by atoms with Crippen molar-refractivity contribution >= 4 is 40.1 Å². The van der Waals surface area contributed by atoms with Crippen molar-refractivity contribution < 1.29 is 9.59 Å². The molecule has 0 radical (unpaired) electrons. The van der Waals surface area contributed by atoms with Crippen molar-refractivity contribution in [3.8, 4) is 0 Å². The van der Waals surface area contributed by atoms with Gasteiger partial charge >= 0.3 is 0 Å². The summed E-state index contributed by atoms with van der Waals surface area (Å²) >= 11 is 1.45. The second-order valence-electron chi connectivity index (χ2n) is 7.44. The van der Waals surface area contributed by atoms with Gasteiger partial charge in [-0.3, -0.25) is 9.59 Å². The van der Waals surface area contributed by atoms with Crippen LogP contribution in [0.2, 0.25) is 0 Å². The fourth-order valence-corrected chi connectivity index (χ4v) is 4.34. The Labute approximate surface area is 174 Å². The van der Waals surface area contributed by atoms with Crippen LogP contribution >= 0.6 is 11.3 Å². The van der Waals surface area contributed by atoms with Crippen molar-refractivity contribution in [1.29, 1.82) is 0 Å². The first kappa shape index (κ1) is 19.2. The molecule has 146 valence electrons. The van der Waals surface area contributed by atoms with Crippen molar-refractivity contribution in [2.45, 2.75) is 27.7 Å². The molecule has 2 aromatic carbocycles. The number of aryl methyl sites for hydroxylation is 4. The number of benzene rings is 2. The van der Waals surface area contributed by atoms with Gasteiger partial charge in [-0.1, -0.05) is 18.2 Å². The first-order chi connectivity index (χ1) is 13.8. The molecule has 0 aliphatic carbocycles. The van der Waals surface area contributed by atoms with Crippen LogP contribution < -0.4 is 10.2 Å². The number of nitrogens with one attached hydrogen (secondary N) is 1. The van der Waals surface area contributed by atoms with Crippen LogP contribution in [0.15, 0.2) is 59.6 Å². The zero-order chi connectivity index (χ0) is 20.7. The molecule has 0 saturated heterocycles. The predicted molar refractivity (Wildman–Crippen MR) is 119 cm³/mol. The van der Waals surface area contributed by atoms with E-state index >= 15 is 0 Å². The van der Waals surface area contributed by atoms with Crippen LogP contribution in [0.3, 0.4) is 0 Å². The van der Waals surface area contributed by atoms with E-state index in [4.69, 9.17) is 0 Å². The Kier molecular flexibility index (Phi) is 4.84. The molecule has 1 aliphatic heterocycles. The van der Waals surface area contributed by atoms with Gasteiger partial charge in [0.05, 0.1) is 11.3 Å². The number of thiophene rings is 1. The summed E-state index contributed by atoms with van der Waals surface area (Å²) in [5, 5.41) is 5.14. The summed E-state index contributed by atoms with van der Waals surface area (Å²) in [4.78, 5) is 28.8. The number of carbonyl (C=O) groups is 2. The van der Waals surface area contributed by atoms with Gasteiger partial charge < -0.3 is 5.32 Å². The fourth-order valence-electron chi connectivity index (χ4n) is 3.57. The number of hydrogen-bond acceptors (Lipinski definition) is 4. The van der Waals surface area contributed by atoms with E-state index in [9.17, 15) is 9.59 Å². The maximum Gasteiger partial charge on any atom is 0.282 e. The lowest BCUT2D eigenvalue weighted by Gasteiger charge is -2.17. The van der Waals surface area contributed by atoms with Crippen molar-refractivity contribution in [3.05, 3.63) is 86.7 Å². The van der Waals surface area contributed by atoms with Crippen molar-refractivity contribution in [3.63, 3.8) is 0 Å². The highest BCUT2D eigenvalue weighted by atomic mass is 32.1. The van der Waals surface area contributed by atoms with Gasteiger partial charge in [0.25, 0.3) is 11.8 Å². The Hall–Kier alpha value is -3.18. The van der Waals surface area contributed by atoms with E-state index in [1.165, 1.54) is 21.8 Å². The molecule has 1 aromatic heterocycles. The van der Waals surface area contributed by atoms with Crippen LogP contribution in [0.25, 0.3) is 5.57 Å². The van der Waals surface area contributed by atoms with E-state index in [1.807, 2.05) is 81.6 Å². The second kappa shape index (κ2) is 7.33. The van der Waals surface area contributed by atoms with Crippen LogP contribution in [0.1, 0.15) is 27.1 Å². The highest BCUT2D eigenvalue weighted by Gasteiger charge is 2.40. The molecule has 5 heteroatoms. The lowest BCUT2D eigenvalue weighted by atomic mass is 10.1. The molecule has 4 nitrogen and oxygen atoms in total. The molecule has 2 amide bonds. The van der Waals surface area contributed by atoms with Crippen molar-refractivity contribution in [1.82, 2.24) is 0 Å². The highest BCUT2D eigenvalue weighted by molar-refractivity contribution is 7.11. The molecule has 29 heavy (non-hydrogen) atoms. The van der Waals surface area contributed by atoms with E-state index in [0.29, 0.717) is 17.0 Å². The van der Waals surface area contributed by atoms with E-state index in [2.05, 4.69) is 5.32 Å². The minimum absolute atomic E-state index is 0.297. The molecule has 0 saturated carbocycles. The van der Waals surface area contributed by atoms with Crippen LogP contribution in [0, 0.1) is 27.7 Å². The van der Waals surface area contributed by atoms with Gasteiger partial charge in [-0.15, -0.1) is 11.3 Å². The van der Waals surface area contributed by atoms with Crippen LogP contribution in [-0.4, -0.2) is 11.8 Å². The molecule has 0 bridgehead atoms. The summed E-state index contributed by atoms with van der Waals surface area (Å²) in [6.07, 6.45) is 0. The largest absolute Gasteiger partial charge is 0.350 e. The van der Waals surface area contributed by atoms with Gasteiger partial charge in [-0.25, -0.2) is 4.90 Å². The third kappa shape index (κ3) is 3.49. The van der Waals surface area contributed by atoms with Crippen LogP contribution in [-0.2, 0) is 9.59 Å². The van der Waals surface area contributed by atoms with E-state index in [0.717, 1.165) is 27.3 Å². The standard InChI is InChI=1S/C24H22N2O2S/c1-14-10-15(2)12-19(11-14)26-23(27)21(20-6-5-9-29-20)22(24(26)28)25-18-8-7-16(3)17(4)13-18/h5-13,25H,1-4H3. The van der Waals surface area contributed by atoms with Crippen molar-refractivity contribution in [2.24, 2.45) is 0 Å². The maximum atomic E-state index is 13.4. The normalized spacial score (nSPS) is 14.1. The summed E-state index contributed by atoms with van der Waals surface area (Å²) in [5.74, 6) is -0.629. The Morgan fingerprint density at radius 2 is 1.55 bits per heavy atom. The van der Waals surface area contributed by atoms with E-state index in [-0.39, 0.29) is 11.8 Å². The number of hydrogen-bond donors (Lipinski definition) is 1. The molecule has 0 fully saturated rings. The maximum absolute atomic E-state index is 13.4. The average molecular weight is 403 g/mol. The number of nitrogens with zero attached hydrogens (tertiary/aromatic N) is 1. The molecule has 0 atom stereocenters. The quantitative estimate of drug-likeness (QED) is 0.596. The lowest BCUT2D eigenvalue weighted by Crippen LogP contribution is -2.32. The molecular weight excluding hydrogens is 380 g/mol. The number of carbonyl (C=O) groups excluding carboxylic acids is 2. The Morgan fingerprint density at radius 3 is 2.17 bits per heavy atom. The van der Waals surface area contributed by atoms with E-state index < -0.39 is 0 Å². The highest BCUT2D eigenvalue weighted by Crippen LogP contribution is 2.36. The molecule has 3 aromatic rings. The predicted octanol–water partition coefficient (Wildman–Crippen LogP) is 5.38. The molecule has 0 spiro atoms. The third-order valence-electron chi connectivity index (χ3n) is 5.09. The van der Waals surface area contributed by atoms with Gasteiger partial charge in [0.2, 0.25) is 0 Å². The smallest absolute Gasteiger partial charge is 0.282 e. The Balaban J connectivity index is 1.81. The molecule has 0 unspecified atom stereocenters. The van der Waals surface area contributed by atoms with Gasteiger partial charge in [-0.05, 0) is 85.7 Å². The van der Waals surface area contributed by atoms with Gasteiger partial charge in [0.15, 0.2) is 0 Å². The van der Waals surface area contributed by atoms with Gasteiger partial charge in [0, 0.05) is 10.6 Å². The van der Waals surface area contributed by atoms with Crippen LogP contribution in [0.4, 0.5) is 11.4 Å². The lowest BCUT2D eigenvalue weighted by molar-refractivity contribution is -0.120. The van der Waals surface area contributed by atoms with Gasteiger partial charge in [0.1, 0.15) is 5.70 Å². The number of anilines is 2. The second-order valence-corrected chi connectivity index (χ2v) is 8.39. The first-order valence-electron chi connectivity index (χ1n) is 9.44. The summed E-state index contributed by atoms with van der Waals surface area (Å²) in [6.45, 7) is 7.99. The summed E-state index contributed by atoms with van der Waals surface area (Å²) in [6, 6.07) is 15.4. The van der Waals surface area contributed by atoms with Gasteiger partial charge in [-0.2, -0.15) is 0 Å². The summed E-state index contributed by atoms with van der Waals surface area (Å²) in [5.41, 5.74) is 6.44. The average Bonchev–Trinajstić information content (AvgIpc) is 3.24. The Bertz CT molecular complexity index is 1140. The molecule has 1 aliphatic rings. The zero-order valence-electron chi connectivity index (χ0n) is 16.9. The number of rotatable bonds is 4. The van der Waals surface area contributed by atoms with Crippen molar-refractivity contribution in [2.75, 3.05) is 10.2 Å². The third-order valence-corrected chi connectivity index (χ3v) is 5.98. The fraction of sp³-hybridized carbons (Fsp3) is 0.167. The minimum atomic E-state index is -0.332.